The first-order valence-corrected chi connectivity index (χ1v) is 8.05. The van der Waals surface area contributed by atoms with E-state index in [1.807, 2.05) is 34.6 Å². The van der Waals surface area contributed by atoms with Crippen LogP contribution in [0.4, 0.5) is 0 Å². The van der Waals surface area contributed by atoms with E-state index in [-0.39, 0.29) is 23.7 Å². The molecule has 0 bridgehead atoms. The maximum absolute atomic E-state index is 12.1. The molecule has 0 fully saturated rings. The molecule has 0 heterocycles. The Bertz CT molecular complexity index is 398. The van der Waals surface area contributed by atoms with Gasteiger partial charge in [-0.05, 0) is 18.8 Å². The highest BCUT2D eigenvalue weighted by Gasteiger charge is 2.27. The van der Waals surface area contributed by atoms with Crippen molar-refractivity contribution in [2.75, 3.05) is 0 Å². The summed E-state index contributed by atoms with van der Waals surface area (Å²) >= 11 is 0. The lowest BCUT2D eigenvalue weighted by atomic mass is 9.92. The summed E-state index contributed by atoms with van der Waals surface area (Å²) in [6.45, 7) is 11.2. The lowest BCUT2D eigenvalue weighted by molar-refractivity contribution is -0.133. The van der Waals surface area contributed by atoms with Crippen molar-refractivity contribution in [3.63, 3.8) is 0 Å². The maximum Gasteiger partial charge on any atom is 0.242 e. The number of primary amides is 1. The standard InChI is InChI=1S/C16H31N3O3/c1-7-9(3)11(5)15(21)18-12(6)16(22)19-13(14(17)20)10(4)8-2/h9-13H,7-8H2,1-6H3,(H2,17,20)(H,18,21)(H,19,22)/t9-,10-,11-,12-,13-/m0/s1. The smallest absolute Gasteiger partial charge is 0.242 e. The van der Waals surface area contributed by atoms with Crippen molar-refractivity contribution >= 4 is 17.7 Å². The number of rotatable bonds is 9. The second-order valence-electron chi connectivity index (χ2n) is 6.18. The average Bonchev–Trinajstić information content (AvgIpc) is 2.49. The molecule has 0 saturated carbocycles. The number of hydrogen-bond acceptors (Lipinski definition) is 3. The molecule has 0 rings (SSSR count). The predicted molar refractivity (Wildman–Crippen MR) is 86.8 cm³/mol. The fourth-order valence-corrected chi connectivity index (χ4v) is 2.03. The van der Waals surface area contributed by atoms with Gasteiger partial charge in [0.1, 0.15) is 12.1 Å². The van der Waals surface area contributed by atoms with E-state index in [0.29, 0.717) is 0 Å². The minimum atomic E-state index is -0.719. The van der Waals surface area contributed by atoms with Gasteiger partial charge in [-0.15, -0.1) is 0 Å². The predicted octanol–water partition coefficient (Wildman–Crippen LogP) is 1.19. The molecule has 6 nitrogen and oxygen atoms in total. The molecule has 0 unspecified atom stereocenters. The normalized spacial score (nSPS) is 17.7. The van der Waals surface area contributed by atoms with E-state index in [4.69, 9.17) is 5.73 Å². The van der Waals surface area contributed by atoms with Crippen molar-refractivity contribution in [1.29, 1.82) is 0 Å². The molecule has 0 saturated heterocycles. The summed E-state index contributed by atoms with van der Waals surface area (Å²) in [6, 6.07) is -1.42. The molecule has 4 N–H and O–H groups in total. The van der Waals surface area contributed by atoms with Crippen LogP contribution in [-0.4, -0.2) is 29.8 Å². The third kappa shape index (κ3) is 6.03. The molecule has 128 valence electrons. The van der Waals surface area contributed by atoms with E-state index >= 15 is 0 Å². The number of nitrogens with one attached hydrogen (secondary N) is 2. The molecule has 0 aromatic heterocycles. The Kier molecular flexibility index (Phi) is 8.75. The molecule has 22 heavy (non-hydrogen) atoms. The summed E-state index contributed by atoms with van der Waals surface area (Å²) in [5.41, 5.74) is 5.33. The van der Waals surface area contributed by atoms with E-state index < -0.39 is 23.9 Å². The first-order chi connectivity index (χ1) is 10.1. The largest absolute Gasteiger partial charge is 0.368 e. The first kappa shape index (κ1) is 20.4. The number of hydrogen-bond donors (Lipinski definition) is 3. The van der Waals surface area contributed by atoms with Gasteiger partial charge in [-0.3, -0.25) is 14.4 Å². The van der Waals surface area contributed by atoms with Crippen LogP contribution in [-0.2, 0) is 14.4 Å². The van der Waals surface area contributed by atoms with Crippen LogP contribution >= 0.6 is 0 Å². The van der Waals surface area contributed by atoms with Crippen LogP contribution in [0.5, 0.6) is 0 Å². The first-order valence-electron chi connectivity index (χ1n) is 8.05. The molecule has 0 radical (unpaired) electrons. The van der Waals surface area contributed by atoms with Crippen LogP contribution in [0.1, 0.15) is 54.4 Å². The zero-order chi connectivity index (χ0) is 17.4. The third-order valence-electron chi connectivity index (χ3n) is 4.48. The topological polar surface area (TPSA) is 101 Å². The molecule has 5 atom stereocenters. The van der Waals surface area contributed by atoms with Crippen LogP contribution in [0.25, 0.3) is 0 Å². The Balaban J connectivity index is 4.66. The lowest BCUT2D eigenvalue weighted by Crippen LogP contribution is -2.54. The maximum atomic E-state index is 12.1. The molecule has 0 spiro atoms. The van der Waals surface area contributed by atoms with E-state index in [1.165, 1.54) is 0 Å². The molecule has 0 aromatic carbocycles. The monoisotopic (exact) mass is 313 g/mol. The Labute approximate surface area is 133 Å². The van der Waals surface area contributed by atoms with Gasteiger partial charge in [0.2, 0.25) is 17.7 Å². The minimum absolute atomic E-state index is 0.0524. The fraction of sp³-hybridized carbons (Fsp3) is 0.812. The van der Waals surface area contributed by atoms with Crippen LogP contribution in [0.15, 0.2) is 0 Å². The second kappa shape index (κ2) is 9.43. The van der Waals surface area contributed by atoms with Gasteiger partial charge in [-0.1, -0.05) is 47.5 Å². The highest BCUT2D eigenvalue weighted by Crippen LogP contribution is 2.14. The van der Waals surface area contributed by atoms with E-state index in [0.717, 1.165) is 12.8 Å². The van der Waals surface area contributed by atoms with Crippen LogP contribution in [0.2, 0.25) is 0 Å². The number of amides is 3. The Hall–Kier alpha value is -1.59. The molecule has 0 aliphatic carbocycles. The highest BCUT2D eigenvalue weighted by atomic mass is 16.2. The highest BCUT2D eigenvalue weighted by molar-refractivity contribution is 5.91. The molecule has 0 aliphatic rings. The van der Waals surface area contributed by atoms with Crippen LogP contribution < -0.4 is 16.4 Å². The van der Waals surface area contributed by atoms with Crippen molar-refractivity contribution in [2.24, 2.45) is 23.5 Å². The third-order valence-corrected chi connectivity index (χ3v) is 4.48. The summed E-state index contributed by atoms with van der Waals surface area (Å²) in [7, 11) is 0. The van der Waals surface area contributed by atoms with Gasteiger partial charge in [0.05, 0.1) is 0 Å². The summed E-state index contributed by atoms with van der Waals surface area (Å²) < 4.78 is 0. The summed E-state index contributed by atoms with van der Waals surface area (Å²) in [4.78, 5) is 35.7. The van der Waals surface area contributed by atoms with Crippen molar-refractivity contribution in [2.45, 2.75) is 66.5 Å². The molecule has 0 aliphatic heterocycles. The summed E-state index contributed by atoms with van der Waals surface area (Å²) in [5, 5.41) is 5.32. The van der Waals surface area contributed by atoms with Crippen molar-refractivity contribution < 1.29 is 14.4 Å². The van der Waals surface area contributed by atoms with E-state index in [1.54, 1.807) is 6.92 Å². The van der Waals surface area contributed by atoms with Gasteiger partial charge >= 0.3 is 0 Å². The minimum Gasteiger partial charge on any atom is -0.368 e. The van der Waals surface area contributed by atoms with Crippen molar-refractivity contribution in [3.05, 3.63) is 0 Å². The van der Waals surface area contributed by atoms with Crippen LogP contribution in [0, 0.1) is 17.8 Å². The number of carbonyl (C=O) groups is 3. The molecular weight excluding hydrogens is 282 g/mol. The van der Waals surface area contributed by atoms with Gasteiger partial charge in [0, 0.05) is 5.92 Å². The molecule has 6 heteroatoms. The summed E-state index contributed by atoms with van der Waals surface area (Å²) in [6.07, 6.45) is 1.62. The Morgan fingerprint density at radius 2 is 1.36 bits per heavy atom. The summed E-state index contributed by atoms with van der Waals surface area (Å²) in [5.74, 6) is -1.09. The number of nitrogens with two attached hydrogens (primary N) is 1. The van der Waals surface area contributed by atoms with Gasteiger partial charge in [-0.2, -0.15) is 0 Å². The quantitative estimate of drug-likeness (QED) is 0.596. The SMILES string of the molecule is CC[C@H](C)[C@H](C)C(=O)N[C@@H](C)C(=O)N[C@H](C(N)=O)[C@@H](C)CC. The zero-order valence-corrected chi connectivity index (χ0v) is 14.6. The van der Waals surface area contributed by atoms with Gasteiger partial charge in [0.15, 0.2) is 0 Å². The Morgan fingerprint density at radius 3 is 1.77 bits per heavy atom. The molecule has 0 aromatic rings. The van der Waals surface area contributed by atoms with Gasteiger partial charge in [0.25, 0.3) is 0 Å². The zero-order valence-electron chi connectivity index (χ0n) is 14.6. The van der Waals surface area contributed by atoms with Gasteiger partial charge in [-0.25, -0.2) is 0 Å². The van der Waals surface area contributed by atoms with Gasteiger partial charge < -0.3 is 16.4 Å². The lowest BCUT2D eigenvalue weighted by Gasteiger charge is -2.25. The average molecular weight is 313 g/mol. The molecule has 3 amide bonds. The van der Waals surface area contributed by atoms with Crippen molar-refractivity contribution in [3.8, 4) is 0 Å². The van der Waals surface area contributed by atoms with Crippen molar-refractivity contribution in [1.82, 2.24) is 10.6 Å². The van der Waals surface area contributed by atoms with E-state index in [9.17, 15) is 14.4 Å². The number of carbonyl (C=O) groups excluding carboxylic acids is 3. The van der Waals surface area contributed by atoms with E-state index in [2.05, 4.69) is 10.6 Å². The van der Waals surface area contributed by atoms with Crippen LogP contribution in [0.3, 0.4) is 0 Å². The molecular formula is C16H31N3O3. The Morgan fingerprint density at radius 1 is 0.864 bits per heavy atom. The fourth-order valence-electron chi connectivity index (χ4n) is 2.03. The second-order valence-corrected chi connectivity index (χ2v) is 6.18.